The molecule has 0 unspecified atom stereocenters. The van der Waals surface area contributed by atoms with Crippen molar-refractivity contribution in [1.29, 1.82) is 0 Å². The van der Waals surface area contributed by atoms with Crippen molar-refractivity contribution >= 4 is 33.9 Å². The number of hydrogen-bond donors (Lipinski definition) is 0. The lowest BCUT2D eigenvalue weighted by molar-refractivity contribution is 0.299. The van der Waals surface area contributed by atoms with Crippen LogP contribution < -0.4 is 19.6 Å². The van der Waals surface area contributed by atoms with Crippen LogP contribution in [0.3, 0.4) is 0 Å². The van der Waals surface area contributed by atoms with Gasteiger partial charge in [0.05, 0.1) is 16.3 Å². The first kappa shape index (κ1) is 27.4. The minimum atomic E-state index is -0.406. The Morgan fingerprint density at radius 3 is 2.51 bits per heavy atom. The van der Waals surface area contributed by atoms with Crippen LogP contribution >= 0.6 is 11.3 Å². The summed E-state index contributed by atoms with van der Waals surface area (Å²) in [5.41, 5.74) is 6.09. The van der Waals surface area contributed by atoms with E-state index in [1.807, 2.05) is 54.6 Å². The van der Waals surface area contributed by atoms with Gasteiger partial charge < -0.3 is 4.74 Å². The van der Waals surface area contributed by atoms with Gasteiger partial charge in [-0.25, -0.2) is 13.8 Å². The van der Waals surface area contributed by atoms with E-state index in [4.69, 9.17) is 9.73 Å². The maximum atomic E-state index is 14.4. The summed E-state index contributed by atoms with van der Waals surface area (Å²) in [7, 11) is 0. The van der Waals surface area contributed by atoms with Gasteiger partial charge >= 0.3 is 0 Å². The van der Waals surface area contributed by atoms with Crippen LogP contribution in [0.2, 0.25) is 0 Å². The highest BCUT2D eigenvalue weighted by Gasteiger charge is 2.32. The lowest BCUT2D eigenvalue weighted by Gasteiger charge is -2.30. The maximum absolute atomic E-state index is 14.4. The van der Waals surface area contributed by atoms with E-state index in [0.29, 0.717) is 20.6 Å². The van der Waals surface area contributed by atoms with Crippen molar-refractivity contribution in [3.63, 3.8) is 0 Å². The number of aromatic nitrogens is 1. The third kappa shape index (κ3) is 4.80. The molecule has 0 fully saturated rings. The number of fused-ring (bicyclic) bond motifs is 4. The Hall–Kier alpha value is -5.14. The van der Waals surface area contributed by atoms with Gasteiger partial charge in [-0.15, -0.1) is 0 Å². The van der Waals surface area contributed by atoms with Gasteiger partial charge in [-0.3, -0.25) is 9.36 Å². The average Bonchev–Trinajstić information content (AvgIpc) is 3.38. The largest absolute Gasteiger partial charge is 0.488 e. The molecule has 45 heavy (non-hydrogen) atoms. The Morgan fingerprint density at radius 1 is 0.867 bits per heavy atom. The smallest absolute Gasteiger partial charge is 0.271 e. The zero-order valence-corrected chi connectivity index (χ0v) is 24.9. The molecule has 1 aromatic heterocycles. The van der Waals surface area contributed by atoms with Gasteiger partial charge in [0.25, 0.3) is 5.56 Å². The summed E-state index contributed by atoms with van der Waals surface area (Å²) in [4.78, 5) is 20.0. The zero-order chi connectivity index (χ0) is 30.5. The average molecular weight is 613 g/mol. The van der Waals surface area contributed by atoms with Gasteiger partial charge in [0, 0.05) is 16.7 Å². The number of hydrogen-bond acceptors (Lipinski definition) is 4. The molecule has 1 aliphatic carbocycles. The second-order valence-electron chi connectivity index (χ2n) is 11.2. The Labute approximate surface area is 261 Å². The van der Waals surface area contributed by atoms with Crippen LogP contribution in [0.1, 0.15) is 40.3 Å². The molecule has 0 amide bonds. The van der Waals surface area contributed by atoms with Crippen molar-refractivity contribution in [2.24, 2.45) is 4.99 Å². The fraction of sp³-hybridized carbons (Fsp3) is 0.105. The van der Waals surface area contributed by atoms with Gasteiger partial charge in [-0.1, -0.05) is 96.3 Å². The number of thiazole rings is 1. The maximum Gasteiger partial charge on any atom is 0.271 e. The summed E-state index contributed by atoms with van der Waals surface area (Å²) in [5.74, 6) is -0.112. The number of ether oxygens (including phenoxy) is 1. The van der Waals surface area contributed by atoms with Crippen LogP contribution in [0.25, 0.3) is 22.5 Å². The normalized spacial score (nSPS) is 15.8. The van der Waals surface area contributed by atoms with Crippen molar-refractivity contribution in [2.75, 3.05) is 0 Å². The Morgan fingerprint density at radius 2 is 1.64 bits per heavy atom. The fourth-order valence-corrected chi connectivity index (χ4v) is 7.40. The van der Waals surface area contributed by atoms with Crippen molar-refractivity contribution in [2.45, 2.75) is 25.5 Å². The van der Waals surface area contributed by atoms with Crippen LogP contribution in [-0.2, 0) is 13.0 Å². The van der Waals surface area contributed by atoms with Gasteiger partial charge in [0.2, 0.25) is 0 Å². The Balaban J connectivity index is 1.33. The molecule has 0 bridgehead atoms. The molecule has 5 aromatic carbocycles. The minimum absolute atomic E-state index is 0.0454. The van der Waals surface area contributed by atoms with Crippen LogP contribution in [0.4, 0.5) is 8.78 Å². The molecular weight excluding hydrogens is 586 g/mol. The first-order valence-corrected chi connectivity index (χ1v) is 15.6. The first-order valence-electron chi connectivity index (χ1n) is 14.8. The summed E-state index contributed by atoms with van der Waals surface area (Å²) in [6, 6.07) is 32.5. The molecule has 8 rings (SSSR count). The van der Waals surface area contributed by atoms with E-state index >= 15 is 0 Å². The molecule has 0 N–H and O–H groups in total. The second kappa shape index (κ2) is 11.1. The highest BCUT2D eigenvalue weighted by molar-refractivity contribution is 7.07. The molecule has 7 heteroatoms. The van der Waals surface area contributed by atoms with Crippen molar-refractivity contribution in [1.82, 2.24) is 4.57 Å². The number of aryl methyl sites for hydroxylation is 1. The fourth-order valence-electron chi connectivity index (χ4n) is 6.42. The number of rotatable bonds is 5. The summed E-state index contributed by atoms with van der Waals surface area (Å²) in [6.45, 7) is 0.0454. The lowest BCUT2D eigenvalue weighted by Crippen LogP contribution is -2.38. The molecule has 0 radical (unpaired) electrons. The molecule has 6 aromatic rings. The highest BCUT2D eigenvalue weighted by Crippen LogP contribution is 2.41. The topological polar surface area (TPSA) is 43.6 Å². The third-order valence-corrected chi connectivity index (χ3v) is 9.59. The molecule has 4 nitrogen and oxygen atoms in total. The van der Waals surface area contributed by atoms with Crippen molar-refractivity contribution in [3.05, 3.63) is 174 Å². The van der Waals surface area contributed by atoms with E-state index in [0.717, 1.165) is 51.6 Å². The molecule has 220 valence electrons. The van der Waals surface area contributed by atoms with Gasteiger partial charge in [-0.2, -0.15) is 0 Å². The lowest BCUT2D eigenvalue weighted by atomic mass is 9.83. The van der Waals surface area contributed by atoms with Gasteiger partial charge in [-0.05, 0) is 70.7 Å². The van der Waals surface area contributed by atoms with Crippen LogP contribution in [0.15, 0.2) is 125 Å². The molecule has 0 saturated carbocycles. The second-order valence-corrected chi connectivity index (χ2v) is 12.3. The SMILES string of the molecule is O=c1/c(=C\c2c(OCc3ccccc3F)ccc3ccccc23)sc2n1[C@H](c1ccc(F)cc1)C1=C(N=2)c2ccccc2CC1. The quantitative estimate of drug-likeness (QED) is 0.205. The predicted octanol–water partition coefficient (Wildman–Crippen LogP) is 7.33. The summed E-state index contributed by atoms with van der Waals surface area (Å²) >= 11 is 1.33. The Bertz CT molecular complexity index is 2340. The van der Waals surface area contributed by atoms with E-state index in [1.165, 1.54) is 35.1 Å². The zero-order valence-electron chi connectivity index (χ0n) is 24.0. The molecule has 1 atom stereocenters. The molecule has 2 heterocycles. The van der Waals surface area contributed by atoms with E-state index in [2.05, 4.69) is 12.1 Å². The van der Waals surface area contributed by atoms with Crippen LogP contribution in [-0.4, -0.2) is 4.57 Å². The van der Waals surface area contributed by atoms with Crippen molar-refractivity contribution in [3.8, 4) is 5.75 Å². The highest BCUT2D eigenvalue weighted by atomic mass is 32.1. The van der Waals surface area contributed by atoms with Gasteiger partial charge in [0.1, 0.15) is 24.0 Å². The minimum Gasteiger partial charge on any atom is -0.488 e. The van der Waals surface area contributed by atoms with E-state index in [1.54, 1.807) is 34.9 Å². The van der Waals surface area contributed by atoms with Crippen LogP contribution in [0.5, 0.6) is 5.75 Å². The third-order valence-electron chi connectivity index (χ3n) is 8.61. The first-order chi connectivity index (χ1) is 22.0. The van der Waals surface area contributed by atoms with E-state index in [9.17, 15) is 13.6 Å². The number of benzene rings is 5. The van der Waals surface area contributed by atoms with Crippen molar-refractivity contribution < 1.29 is 13.5 Å². The number of nitrogens with zero attached hydrogens (tertiary/aromatic N) is 2. The summed E-state index contributed by atoms with van der Waals surface area (Å²) in [5, 5.41) is 1.91. The van der Waals surface area contributed by atoms with Crippen LogP contribution in [0, 0.1) is 11.6 Å². The Kier molecular flexibility index (Phi) is 6.76. The van der Waals surface area contributed by atoms with E-state index < -0.39 is 6.04 Å². The monoisotopic (exact) mass is 612 g/mol. The molecule has 0 saturated heterocycles. The predicted molar refractivity (Wildman–Crippen MR) is 174 cm³/mol. The molecule has 1 aliphatic heterocycles. The number of allylic oxidation sites excluding steroid dienone is 1. The van der Waals surface area contributed by atoms with E-state index in [-0.39, 0.29) is 23.8 Å². The standard InChI is InChI=1S/C38H26F2N2O2S/c39-27-17-13-25(14-18-27)36-30-19-15-24-8-2-5-11-29(24)35(30)41-38-42(36)37(43)34(45-38)21-31-28-10-4-1-7-23(28)16-20-33(31)44-22-26-9-3-6-12-32(26)40/h1-14,16-18,20-21,36H,15,19,22H2/b34-21+/t36-/m1/s1. The summed E-state index contributed by atoms with van der Waals surface area (Å²) < 4.78 is 36.9. The summed E-state index contributed by atoms with van der Waals surface area (Å²) in [6.07, 6.45) is 3.45. The molecular formula is C38H26F2N2O2S. The molecule has 0 spiro atoms. The van der Waals surface area contributed by atoms with Gasteiger partial charge in [0.15, 0.2) is 4.80 Å². The number of halogens is 2. The molecule has 2 aliphatic rings.